The average molecular weight is 523 g/mol. The lowest BCUT2D eigenvalue weighted by Gasteiger charge is -2.43. The number of rotatable bonds is 4. The van der Waals surface area contributed by atoms with Crippen molar-refractivity contribution >= 4 is 22.7 Å². The van der Waals surface area contributed by atoms with Crippen LogP contribution in [-0.2, 0) is 15.8 Å². The summed E-state index contributed by atoms with van der Waals surface area (Å²) in [4.78, 5) is 35.5. The van der Waals surface area contributed by atoms with Crippen LogP contribution < -0.4 is 16.1 Å². The summed E-state index contributed by atoms with van der Waals surface area (Å²) in [6, 6.07) is 1.83. The third-order valence-electron chi connectivity index (χ3n) is 6.83. The number of halogens is 3. The first-order valence-corrected chi connectivity index (χ1v) is 12.4. The number of carbonyl (C=O) groups is 2. The quantitative estimate of drug-likeness (QED) is 0.535. The molecule has 1 aromatic heterocycles. The molecule has 2 aromatic rings. The van der Waals surface area contributed by atoms with Crippen LogP contribution in [-0.4, -0.2) is 67.9 Å². The van der Waals surface area contributed by atoms with Gasteiger partial charge in [-0.25, -0.2) is 4.98 Å². The molecule has 1 saturated heterocycles. The maximum absolute atomic E-state index is 13.4. The number of nitrogens with zero attached hydrogens (tertiary/aromatic N) is 4. The summed E-state index contributed by atoms with van der Waals surface area (Å²) in [7, 11) is 0. The molecule has 2 amide bonds. The largest absolute Gasteiger partial charge is 0.427 e. The zero-order chi connectivity index (χ0) is 27.1. The van der Waals surface area contributed by atoms with Crippen molar-refractivity contribution in [3.05, 3.63) is 35.6 Å². The predicted molar refractivity (Wildman–Crippen MR) is 130 cm³/mol. The third-order valence-corrected chi connectivity index (χ3v) is 6.83. The molecule has 4 atom stereocenters. The van der Waals surface area contributed by atoms with Crippen molar-refractivity contribution < 1.29 is 28.0 Å². The molecule has 37 heavy (non-hydrogen) atoms. The first-order valence-electron chi connectivity index (χ1n) is 12.4. The maximum atomic E-state index is 13.4. The fraction of sp³-hybridized carbons (Fsp3) is 0.600. The number of alkyl halides is 3. The van der Waals surface area contributed by atoms with E-state index in [0.29, 0.717) is 30.5 Å². The second-order valence-electron chi connectivity index (χ2n) is 10.9. The highest BCUT2D eigenvalue weighted by atomic mass is 19.4. The number of benzene rings is 1. The van der Waals surface area contributed by atoms with Crippen LogP contribution in [0.4, 0.5) is 13.2 Å². The van der Waals surface area contributed by atoms with Crippen molar-refractivity contribution in [2.75, 3.05) is 6.54 Å². The minimum Gasteiger partial charge on any atom is -0.427 e. The normalized spacial score (nSPS) is 25.6. The zero-order valence-corrected chi connectivity index (χ0v) is 21.3. The standard InChI is InChI=1S/C25H33F3N6O3/c1-14(35)30-19-12-16(32-24(2,3)4)6-8-21(19)33-10-9-18(23(33)36)31-22-17-11-15(25(26,27)28)5-7-20(17)34(37)13-29-22/h5,7,11,13,16,18-19,21,32,37H,6,8-10,12H2,1-4H3,(H,30,35)/t16?,18?,19-,21?/m1/s1. The lowest BCUT2D eigenvalue weighted by Crippen LogP contribution is -2.59. The highest BCUT2D eigenvalue weighted by Gasteiger charge is 2.42. The van der Waals surface area contributed by atoms with Gasteiger partial charge in [0.1, 0.15) is 12.4 Å². The highest BCUT2D eigenvalue weighted by molar-refractivity contribution is 5.85. The minimum absolute atomic E-state index is 0.00374. The Morgan fingerprint density at radius 2 is 1.92 bits per heavy atom. The van der Waals surface area contributed by atoms with Gasteiger partial charge >= 0.3 is 6.18 Å². The van der Waals surface area contributed by atoms with Crippen LogP contribution in [0.1, 0.15) is 58.9 Å². The molecule has 0 bridgehead atoms. The van der Waals surface area contributed by atoms with Crippen LogP contribution in [0.3, 0.4) is 0 Å². The van der Waals surface area contributed by atoms with Crippen molar-refractivity contribution in [1.82, 2.24) is 25.2 Å². The summed E-state index contributed by atoms with van der Waals surface area (Å²) < 4.78 is 40.5. The number of hydrogen-bond acceptors (Lipinski definition) is 6. The third kappa shape index (κ3) is 6.06. The van der Waals surface area contributed by atoms with Crippen LogP contribution in [0, 0.1) is 0 Å². The lowest BCUT2D eigenvalue weighted by atomic mass is 9.84. The van der Waals surface area contributed by atoms with Crippen LogP contribution in [0.2, 0.25) is 0 Å². The monoisotopic (exact) mass is 522 g/mol. The molecule has 1 aliphatic carbocycles. The Labute approximate surface area is 212 Å². The fourth-order valence-electron chi connectivity index (χ4n) is 5.41. The van der Waals surface area contributed by atoms with E-state index in [9.17, 15) is 28.0 Å². The van der Waals surface area contributed by atoms with E-state index in [-0.39, 0.29) is 51.9 Å². The van der Waals surface area contributed by atoms with E-state index in [0.717, 1.165) is 30.9 Å². The first-order chi connectivity index (χ1) is 17.2. The molecule has 1 saturated carbocycles. The molecule has 3 N–H and O–H groups in total. The van der Waals surface area contributed by atoms with E-state index < -0.39 is 17.8 Å². The van der Waals surface area contributed by atoms with Gasteiger partial charge < -0.3 is 20.7 Å². The molecule has 202 valence electrons. The smallest absolute Gasteiger partial charge is 0.416 e. The first kappa shape index (κ1) is 26.9. The molecule has 1 aliphatic heterocycles. The average Bonchev–Trinajstić information content (AvgIpc) is 3.13. The van der Waals surface area contributed by atoms with Crippen molar-refractivity contribution in [1.29, 1.82) is 0 Å². The highest BCUT2D eigenvalue weighted by Crippen LogP contribution is 2.31. The molecular weight excluding hydrogens is 489 g/mol. The molecular formula is C25H33F3N6O3. The van der Waals surface area contributed by atoms with E-state index in [1.807, 2.05) is 0 Å². The van der Waals surface area contributed by atoms with Gasteiger partial charge in [0.25, 0.3) is 0 Å². The molecule has 2 aliphatic rings. The van der Waals surface area contributed by atoms with Gasteiger partial charge in [0.05, 0.1) is 23.2 Å². The number of likely N-dealkylation sites (tertiary alicyclic amines) is 1. The number of aromatic nitrogens is 2. The molecule has 2 heterocycles. The molecule has 0 spiro atoms. The van der Waals surface area contributed by atoms with E-state index >= 15 is 0 Å². The summed E-state index contributed by atoms with van der Waals surface area (Å²) in [6.07, 6.45) is -0.950. The minimum atomic E-state index is -4.58. The predicted octanol–water partition coefficient (Wildman–Crippen LogP) is 2.61. The van der Waals surface area contributed by atoms with Crippen molar-refractivity contribution in [3.8, 4) is 0 Å². The van der Waals surface area contributed by atoms with Crippen molar-refractivity contribution in [2.24, 2.45) is 4.99 Å². The number of carbonyl (C=O) groups excluding carboxylic acids is 2. The summed E-state index contributed by atoms with van der Waals surface area (Å²) >= 11 is 0. The fourth-order valence-corrected chi connectivity index (χ4v) is 5.41. The van der Waals surface area contributed by atoms with Crippen molar-refractivity contribution in [2.45, 2.75) is 89.3 Å². The number of fused-ring (bicyclic) bond motifs is 1. The van der Waals surface area contributed by atoms with Gasteiger partial charge in [0.2, 0.25) is 11.8 Å². The molecule has 0 radical (unpaired) electrons. The molecule has 4 rings (SSSR count). The van der Waals surface area contributed by atoms with E-state index in [1.54, 1.807) is 4.90 Å². The number of nitrogens with one attached hydrogen (secondary N) is 2. The van der Waals surface area contributed by atoms with Gasteiger partial charge in [-0.2, -0.15) is 17.9 Å². The summed E-state index contributed by atoms with van der Waals surface area (Å²) in [5.41, 5.74) is -0.930. The van der Waals surface area contributed by atoms with Gasteiger partial charge in [0, 0.05) is 30.4 Å². The van der Waals surface area contributed by atoms with Crippen LogP contribution in [0.25, 0.3) is 10.9 Å². The zero-order valence-electron chi connectivity index (χ0n) is 21.3. The molecule has 9 nitrogen and oxygen atoms in total. The van der Waals surface area contributed by atoms with Crippen molar-refractivity contribution in [3.63, 3.8) is 0 Å². The molecule has 12 heteroatoms. The van der Waals surface area contributed by atoms with Crippen LogP contribution >= 0.6 is 0 Å². The molecule has 3 unspecified atom stereocenters. The molecule has 1 aromatic carbocycles. The van der Waals surface area contributed by atoms with Crippen LogP contribution in [0.5, 0.6) is 0 Å². The van der Waals surface area contributed by atoms with Gasteiger partial charge in [-0.15, -0.1) is 0 Å². The van der Waals surface area contributed by atoms with Gasteiger partial charge in [0.15, 0.2) is 5.49 Å². The van der Waals surface area contributed by atoms with Gasteiger partial charge in [-0.3, -0.25) is 14.6 Å². The van der Waals surface area contributed by atoms with E-state index in [4.69, 9.17) is 0 Å². The number of amides is 2. The lowest BCUT2D eigenvalue weighted by molar-refractivity contribution is -0.137. The SMILES string of the molecule is CC(=O)N[C@@H]1CC(NC(C)(C)C)CCC1N1CCC(N=c2ncn(O)c3ccc(C(F)(F)F)cc23)C1=O. The van der Waals surface area contributed by atoms with Crippen LogP contribution in [0.15, 0.2) is 29.5 Å². The Kier molecular flexibility index (Phi) is 7.24. The van der Waals surface area contributed by atoms with Gasteiger partial charge in [-0.1, -0.05) is 0 Å². The molecule has 2 fully saturated rings. The Hall–Kier alpha value is -3.15. The van der Waals surface area contributed by atoms with Gasteiger partial charge in [-0.05, 0) is 64.7 Å². The Morgan fingerprint density at radius 1 is 1.19 bits per heavy atom. The Morgan fingerprint density at radius 3 is 2.57 bits per heavy atom. The Bertz CT molecular complexity index is 1250. The van der Waals surface area contributed by atoms with E-state index in [1.165, 1.54) is 6.92 Å². The second kappa shape index (κ2) is 9.96. The Balaban J connectivity index is 1.61. The van der Waals surface area contributed by atoms with E-state index in [2.05, 4.69) is 41.4 Å². The maximum Gasteiger partial charge on any atom is 0.416 e. The summed E-state index contributed by atoms with van der Waals surface area (Å²) in [6.45, 7) is 8.12. The second-order valence-corrected chi connectivity index (χ2v) is 10.9. The number of hydrogen-bond donors (Lipinski definition) is 3. The summed E-state index contributed by atoms with van der Waals surface area (Å²) in [5, 5.41) is 16.6. The summed E-state index contributed by atoms with van der Waals surface area (Å²) in [5.74, 6) is -0.415. The topological polar surface area (TPSA) is 112 Å².